The molecule has 1 aliphatic heterocycles. The van der Waals surface area contributed by atoms with Crippen LogP contribution in [0.4, 0.5) is 5.69 Å². The zero-order valence-corrected chi connectivity index (χ0v) is 15.4. The van der Waals surface area contributed by atoms with Crippen LogP contribution < -0.4 is 14.8 Å². The summed E-state index contributed by atoms with van der Waals surface area (Å²) in [6.45, 7) is 0.197. The van der Waals surface area contributed by atoms with E-state index in [1.165, 1.54) is 0 Å². The van der Waals surface area contributed by atoms with Crippen LogP contribution >= 0.6 is 0 Å². The van der Waals surface area contributed by atoms with Gasteiger partial charge in [0.25, 0.3) is 0 Å². The SMILES string of the molecule is O=C(CCc1nc(-c2cccc3ccccc23)no1)Nc1ccc2c(c1)OCO2. The molecule has 0 radical (unpaired) electrons. The smallest absolute Gasteiger partial charge is 0.231 e. The van der Waals surface area contributed by atoms with E-state index >= 15 is 0 Å². The van der Waals surface area contributed by atoms with Crippen molar-refractivity contribution in [1.82, 2.24) is 10.1 Å². The van der Waals surface area contributed by atoms with Crippen molar-refractivity contribution < 1.29 is 18.8 Å². The summed E-state index contributed by atoms with van der Waals surface area (Å²) in [6.07, 6.45) is 0.583. The maximum Gasteiger partial charge on any atom is 0.231 e. The van der Waals surface area contributed by atoms with E-state index < -0.39 is 0 Å². The van der Waals surface area contributed by atoms with Gasteiger partial charge in [-0.05, 0) is 22.9 Å². The summed E-state index contributed by atoms with van der Waals surface area (Å²) in [5.74, 6) is 2.10. The topological polar surface area (TPSA) is 86.5 Å². The third kappa shape index (κ3) is 3.50. The van der Waals surface area contributed by atoms with Gasteiger partial charge >= 0.3 is 0 Å². The molecule has 0 spiro atoms. The molecule has 0 atom stereocenters. The van der Waals surface area contributed by atoms with Gasteiger partial charge < -0.3 is 19.3 Å². The Kier molecular flexibility index (Phi) is 4.32. The van der Waals surface area contributed by atoms with Gasteiger partial charge in [0, 0.05) is 30.2 Å². The number of aryl methyl sites for hydroxylation is 1. The standard InChI is InChI=1S/C22H17N3O4/c26-20(23-15-8-9-18-19(12-15)28-13-27-18)10-11-21-24-22(25-29-21)17-7-3-5-14-4-1-2-6-16(14)17/h1-9,12H,10-11,13H2,(H,23,26). The summed E-state index contributed by atoms with van der Waals surface area (Å²) in [5.41, 5.74) is 1.56. The van der Waals surface area contributed by atoms with Crippen LogP contribution in [0.3, 0.4) is 0 Å². The van der Waals surface area contributed by atoms with E-state index in [9.17, 15) is 4.79 Å². The van der Waals surface area contributed by atoms with Crippen molar-refractivity contribution in [2.75, 3.05) is 12.1 Å². The lowest BCUT2D eigenvalue weighted by Gasteiger charge is -2.05. The number of benzene rings is 3. The minimum Gasteiger partial charge on any atom is -0.454 e. The Morgan fingerprint density at radius 1 is 1.00 bits per heavy atom. The molecule has 0 fully saturated rings. The third-order valence-electron chi connectivity index (χ3n) is 4.72. The number of aromatic nitrogens is 2. The van der Waals surface area contributed by atoms with Crippen LogP contribution in [0.1, 0.15) is 12.3 Å². The van der Waals surface area contributed by atoms with Crippen molar-refractivity contribution >= 4 is 22.4 Å². The first-order chi connectivity index (χ1) is 14.3. The summed E-state index contributed by atoms with van der Waals surface area (Å²) in [7, 11) is 0. The molecule has 2 heterocycles. The van der Waals surface area contributed by atoms with Crippen LogP contribution in [-0.2, 0) is 11.2 Å². The summed E-state index contributed by atoms with van der Waals surface area (Å²) in [4.78, 5) is 16.7. The van der Waals surface area contributed by atoms with Gasteiger partial charge in [0.2, 0.25) is 24.4 Å². The first kappa shape index (κ1) is 17.2. The molecular weight excluding hydrogens is 370 g/mol. The largest absolute Gasteiger partial charge is 0.454 e. The maximum absolute atomic E-state index is 12.3. The van der Waals surface area contributed by atoms with Gasteiger partial charge in [-0.2, -0.15) is 4.98 Å². The molecule has 1 amide bonds. The van der Waals surface area contributed by atoms with E-state index in [2.05, 4.69) is 15.5 Å². The molecule has 0 aliphatic carbocycles. The quantitative estimate of drug-likeness (QED) is 0.553. The van der Waals surface area contributed by atoms with Gasteiger partial charge in [-0.25, -0.2) is 0 Å². The molecule has 5 rings (SSSR count). The van der Waals surface area contributed by atoms with E-state index in [1.54, 1.807) is 18.2 Å². The maximum atomic E-state index is 12.3. The molecule has 0 bridgehead atoms. The van der Waals surface area contributed by atoms with Crippen LogP contribution in [0, 0.1) is 0 Å². The first-order valence-corrected chi connectivity index (χ1v) is 9.26. The number of hydrogen-bond acceptors (Lipinski definition) is 6. The van der Waals surface area contributed by atoms with Crippen molar-refractivity contribution in [2.45, 2.75) is 12.8 Å². The molecule has 144 valence electrons. The minimum atomic E-state index is -0.145. The van der Waals surface area contributed by atoms with Crippen molar-refractivity contribution in [1.29, 1.82) is 0 Å². The molecule has 7 nitrogen and oxygen atoms in total. The highest BCUT2D eigenvalue weighted by molar-refractivity contribution is 5.95. The number of hydrogen-bond donors (Lipinski definition) is 1. The number of carbonyl (C=O) groups is 1. The number of ether oxygens (including phenoxy) is 2. The fourth-order valence-electron chi connectivity index (χ4n) is 3.30. The molecule has 1 N–H and O–H groups in total. The number of rotatable bonds is 5. The van der Waals surface area contributed by atoms with Gasteiger partial charge in [0.05, 0.1) is 0 Å². The molecule has 0 saturated heterocycles. The second-order valence-corrected chi connectivity index (χ2v) is 6.65. The monoisotopic (exact) mass is 387 g/mol. The fourth-order valence-corrected chi connectivity index (χ4v) is 3.30. The lowest BCUT2D eigenvalue weighted by atomic mass is 10.0. The summed E-state index contributed by atoms with van der Waals surface area (Å²) < 4.78 is 15.9. The molecule has 4 aromatic rings. The Morgan fingerprint density at radius 2 is 1.86 bits per heavy atom. The van der Waals surface area contributed by atoms with Gasteiger partial charge in [-0.1, -0.05) is 47.6 Å². The van der Waals surface area contributed by atoms with Gasteiger partial charge in [0.1, 0.15) is 0 Å². The van der Waals surface area contributed by atoms with E-state index in [1.807, 2.05) is 42.5 Å². The number of amides is 1. The Balaban J connectivity index is 1.25. The van der Waals surface area contributed by atoms with Crippen molar-refractivity contribution in [2.24, 2.45) is 0 Å². The highest BCUT2D eigenvalue weighted by Gasteiger charge is 2.15. The average Bonchev–Trinajstić information content (AvgIpc) is 3.41. The van der Waals surface area contributed by atoms with Crippen molar-refractivity contribution in [3.8, 4) is 22.9 Å². The van der Waals surface area contributed by atoms with Gasteiger partial charge in [0.15, 0.2) is 11.5 Å². The van der Waals surface area contributed by atoms with E-state index in [4.69, 9.17) is 14.0 Å². The lowest BCUT2D eigenvalue weighted by Crippen LogP contribution is -2.12. The summed E-state index contributed by atoms with van der Waals surface area (Å²) in [6, 6.07) is 19.3. The highest BCUT2D eigenvalue weighted by Crippen LogP contribution is 2.34. The van der Waals surface area contributed by atoms with E-state index in [0.29, 0.717) is 35.3 Å². The van der Waals surface area contributed by atoms with Crippen LogP contribution in [0.2, 0.25) is 0 Å². The zero-order chi connectivity index (χ0) is 19.6. The normalized spacial score (nSPS) is 12.3. The predicted octanol–water partition coefficient (Wildman–Crippen LogP) is 4.19. The second-order valence-electron chi connectivity index (χ2n) is 6.65. The molecule has 7 heteroatoms. The molecule has 29 heavy (non-hydrogen) atoms. The Morgan fingerprint density at radius 3 is 2.83 bits per heavy atom. The van der Waals surface area contributed by atoms with E-state index in [0.717, 1.165) is 16.3 Å². The molecule has 1 aromatic heterocycles. The summed E-state index contributed by atoms with van der Waals surface area (Å²) in [5, 5.41) is 9.10. The molecule has 0 saturated carbocycles. The number of nitrogens with zero attached hydrogens (tertiary/aromatic N) is 2. The predicted molar refractivity (Wildman–Crippen MR) is 107 cm³/mol. The van der Waals surface area contributed by atoms with Crippen LogP contribution in [0.25, 0.3) is 22.2 Å². The van der Waals surface area contributed by atoms with E-state index in [-0.39, 0.29) is 19.1 Å². The van der Waals surface area contributed by atoms with Crippen molar-refractivity contribution in [3.05, 3.63) is 66.6 Å². The Hall–Kier alpha value is -3.87. The van der Waals surface area contributed by atoms with Crippen LogP contribution in [-0.4, -0.2) is 22.8 Å². The minimum absolute atomic E-state index is 0.145. The number of fused-ring (bicyclic) bond motifs is 2. The number of nitrogens with one attached hydrogen (secondary N) is 1. The second kappa shape index (κ2) is 7.27. The Bertz CT molecular complexity index is 1200. The Labute approximate surface area is 166 Å². The molecule has 3 aromatic carbocycles. The lowest BCUT2D eigenvalue weighted by molar-refractivity contribution is -0.116. The first-order valence-electron chi connectivity index (χ1n) is 9.26. The number of carbonyl (C=O) groups excluding carboxylic acids is 1. The van der Waals surface area contributed by atoms with Crippen molar-refractivity contribution in [3.63, 3.8) is 0 Å². The third-order valence-corrected chi connectivity index (χ3v) is 4.72. The van der Waals surface area contributed by atoms with Crippen LogP contribution in [0.5, 0.6) is 11.5 Å². The molecule has 0 unspecified atom stereocenters. The van der Waals surface area contributed by atoms with Gasteiger partial charge in [-0.3, -0.25) is 4.79 Å². The zero-order valence-electron chi connectivity index (χ0n) is 15.4. The summed E-state index contributed by atoms with van der Waals surface area (Å²) >= 11 is 0. The van der Waals surface area contributed by atoms with Gasteiger partial charge in [-0.15, -0.1) is 0 Å². The average molecular weight is 387 g/mol. The highest BCUT2D eigenvalue weighted by atomic mass is 16.7. The molecule has 1 aliphatic rings. The fraction of sp³-hybridized carbons (Fsp3) is 0.136. The van der Waals surface area contributed by atoms with Crippen LogP contribution in [0.15, 0.2) is 65.2 Å². The molecular formula is C22H17N3O4. The number of anilines is 1.